The largest absolute Gasteiger partial charge is 0.361 e. The van der Waals surface area contributed by atoms with Crippen LogP contribution in [0.1, 0.15) is 11.1 Å². The van der Waals surface area contributed by atoms with Crippen LogP contribution in [0.15, 0.2) is 59.6 Å². The second-order valence-electron chi connectivity index (χ2n) is 5.12. The van der Waals surface area contributed by atoms with Crippen molar-refractivity contribution in [2.45, 2.75) is 4.90 Å². The molecule has 1 aliphatic rings. The molecule has 104 valence electrons. The zero-order chi connectivity index (χ0) is 14.4. The third-order valence-electron chi connectivity index (χ3n) is 3.73. The topological polar surface area (TPSA) is 44.9 Å². The molecule has 0 saturated carbocycles. The van der Waals surface area contributed by atoms with Gasteiger partial charge in [-0.3, -0.25) is 0 Å². The predicted molar refractivity (Wildman–Crippen MR) is 89.3 cm³/mol. The van der Waals surface area contributed by atoms with Gasteiger partial charge in [-0.2, -0.15) is 0 Å². The lowest BCUT2D eigenvalue weighted by Gasteiger charge is -2.23. The van der Waals surface area contributed by atoms with E-state index in [0.717, 1.165) is 32.6 Å². The maximum absolute atomic E-state index is 12.8. The fourth-order valence-corrected chi connectivity index (χ4v) is 4.21. The van der Waals surface area contributed by atoms with Gasteiger partial charge in [0.05, 0.1) is 20.3 Å². The first kappa shape index (κ1) is 12.3. The number of aromatic amines is 1. The van der Waals surface area contributed by atoms with Crippen molar-refractivity contribution in [1.82, 2.24) is 9.71 Å². The molecule has 2 N–H and O–H groups in total. The molecule has 3 aromatic rings. The molecule has 4 rings (SSSR count). The molecule has 1 aromatic heterocycles. The summed E-state index contributed by atoms with van der Waals surface area (Å²) in [5.74, 6) is 3.88. The molecule has 0 radical (unpaired) electrons. The molecule has 4 heteroatoms. The van der Waals surface area contributed by atoms with E-state index in [-0.39, 0.29) is 0 Å². The first-order valence-electron chi connectivity index (χ1n) is 6.67. The Morgan fingerprint density at radius 1 is 1.00 bits per heavy atom. The molecule has 0 fully saturated rings. The highest BCUT2D eigenvalue weighted by Gasteiger charge is 2.20. The van der Waals surface area contributed by atoms with Crippen LogP contribution in [0.25, 0.3) is 22.7 Å². The van der Waals surface area contributed by atoms with Crippen molar-refractivity contribution in [3.63, 3.8) is 0 Å². The summed E-state index contributed by atoms with van der Waals surface area (Å²) in [4.78, 5) is 3.96. The Bertz CT molecular complexity index is 981. The summed E-state index contributed by atoms with van der Waals surface area (Å²) in [7, 11) is -2.52. The Labute approximate surface area is 123 Å². The number of nitrogens with one attached hydrogen (secondary N) is 2. The summed E-state index contributed by atoms with van der Waals surface area (Å²) in [6, 6.07) is 15.7. The predicted octanol–water partition coefficient (Wildman–Crippen LogP) is 3.26. The van der Waals surface area contributed by atoms with E-state index in [1.54, 1.807) is 0 Å². The minimum Gasteiger partial charge on any atom is -0.361 e. The molecule has 0 bridgehead atoms. The molecule has 3 nitrogen and oxygen atoms in total. The van der Waals surface area contributed by atoms with E-state index >= 15 is 0 Å². The van der Waals surface area contributed by atoms with Crippen LogP contribution in [0.3, 0.4) is 0 Å². The summed E-state index contributed by atoms with van der Waals surface area (Å²) in [6.07, 6.45) is 3.94. The lowest BCUT2D eigenvalue weighted by molar-refractivity contribution is 0.677. The number of H-pyrrole nitrogens is 1. The van der Waals surface area contributed by atoms with Crippen LogP contribution in [0, 0.1) is 0 Å². The quantitative estimate of drug-likeness (QED) is 0.665. The highest BCUT2D eigenvalue weighted by Crippen LogP contribution is 2.31. The van der Waals surface area contributed by atoms with E-state index in [9.17, 15) is 4.21 Å². The molecule has 1 atom stereocenters. The minimum atomic E-state index is -2.52. The van der Waals surface area contributed by atoms with Crippen molar-refractivity contribution < 1.29 is 4.21 Å². The molecule has 0 spiro atoms. The van der Waals surface area contributed by atoms with Gasteiger partial charge in [0, 0.05) is 22.7 Å². The van der Waals surface area contributed by atoms with Gasteiger partial charge in [0.25, 0.3) is 0 Å². The van der Waals surface area contributed by atoms with Crippen molar-refractivity contribution in [1.29, 1.82) is 0 Å². The van der Waals surface area contributed by atoms with Gasteiger partial charge >= 0.3 is 0 Å². The Balaban J connectivity index is 1.99. The zero-order valence-corrected chi connectivity index (χ0v) is 12.1. The van der Waals surface area contributed by atoms with E-state index in [1.165, 1.54) is 0 Å². The number of fused-ring (bicyclic) bond motifs is 2. The van der Waals surface area contributed by atoms with Gasteiger partial charge in [-0.15, -0.1) is 0 Å². The van der Waals surface area contributed by atoms with Crippen LogP contribution in [-0.4, -0.2) is 15.1 Å². The third kappa shape index (κ3) is 1.87. The number of hydrogen-bond acceptors (Lipinski definition) is 1. The molecule has 0 amide bonds. The molecule has 1 unspecified atom stereocenters. The first-order valence-corrected chi connectivity index (χ1v) is 8.40. The normalized spacial score (nSPS) is 20.7. The summed E-state index contributed by atoms with van der Waals surface area (Å²) < 4.78 is 15.9. The molecule has 0 saturated heterocycles. The van der Waals surface area contributed by atoms with Crippen LogP contribution in [-0.2, 0) is 9.71 Å². The fourth-order valence-electron chi connectivity index (χ4n) is 2.77. The smallest absolute Gasteiger partial charge is 0.0744 e. The molecule has 2 heterocycles. The molecular weight excluding hydrogens is 280 g/mol. The van der Waals surface area contributed by atoms with E-state index in [2.05, 4.69) is 15.6 Å². The van der Waals surface area contributed by atoms with Gasteiger partial charge < -0.3 is 9.71 Å². The molecule has 2 aromatic carbocycles. The van der Waals surface area contributed by atoms with Crippen LogP contribution in [0.5, 0.6) is 0 Å². The lowest BCUT2D eigenvalue weighted by Crippen LogP contribution is -2.26. The molecular formula is C17H14N2OS. The first-order chi connectivity index (χ1) is 10.1. The van der Waals surface area contributed by atoms with Crippen LogP contribution >= 0.6 is 0 Å². The number of hydrogen-bond donors (Lipinski definition) is 2. The summed E-state index contributed by atoms with van der Waals surface area (Å²) >= 11 is 0. The second kappa shape index (κ2) is 4.27. The van der Waals surface area contributed by atoms with Crippen molar-refractivity contribution in [2.75, 3.05) is 0 Å². The maximum Gasteiger partial charge on any atom is 0.0744 e. The Morgan fingerprint density at radius 2 is 1.86 bits per heavy atom. The van der Waals surface area contributed by atoms with Gasteiger partial charge in [-0.05, 0) is 35.7 Å². The van der Waals surface area contributed by atoms with Gasteiger partial charge in [-0.25, -0.2) is 4.21 Å². The van der Waals surface area contributed by atoms with Gasteiger partial charge in [0.2, 0.25) is 0 Å². The van der Waals surface area contributed by atoms with Crippen molar-refractivity contribution in [3.8, 4) is 0 Å². The average molecular weight is 294 g/mol. The van der Waals surface area contributed by atoms with Crippen LogP contribution in [0.2, 0.25) is 0 Å². The van der Waals surface area contributed by atoms with Gasteiger partial charge in [-0.1, -0.05) is 30.3 Å². The van der Waals surface area contributed by atoms with Crippen molar-refractivity contribution in [3.05, 3.63) is 65.9 Å². The molecule has 1 aliphatic heterocycles. The van der Waals surface area contributed by atoms with Crippen LogP contribution in [0.4, 0.5) is 0 Å². The Morgan fingerprint density at radius 3 is 2.76 bits per heavy atom. The number of rotatable bonds is 1. The van der Waals surface area contributed by atoms with Gasteiger partial charge in [0.1, 0.15) is 0 Å². The number of aromatic nitrogens is 1. The monoisotopic (exact) mass is 294 g/mol. The zero-order valence-electron chi connectivity index (χ0n) is 11.3. The highest BCUT2D eigenvalue weighted by atomic mass is 32.2. The van der Waals surface area contributed by atoms with E-state index in [1.807, 2.05) is 60.8 Å². The number of benzene rings is 2. The Hall–Kier alpha value is -2.46. The lowest BCUT2D eigenvalue weighted by atomic mass is 10.0. The van der Waals surface area contributed by atoms with Crippen LogP contribution < -0.4 is 4.72 Å². The van der Waals surface area contributed by atoms with Crippen molar-refractivity contribution in [2.24, 2.45) is 0 Å². The standard InChI is InChI=1S/C17H14N2OS/c1-21(20)17-8-3-2-5-12(17)11-16(19-21)13-6-4-7-15-14(13)9-10-18-15/h2-11,18H,1H2,(H,19,20). The van der Waals surface area contributed by atoms with E-state index in [4.69, 9.17) is 0 Å². The second-order valence-corrected chi connectivity index (χ2v) is 7.11. The van der Waals surface area contributed by atoms with Crippen molar-refractivity contribution >= 4 is 38.3 Å². The fraction of sp³-hybridized carbons (Fsp3) is 0. The Kier molecular flexibility index (Phi) is 2.50. The maximum atomic E-state index is 12.8. The summed E-state index contributed by atoms with van der Waals surface area (Å²) in [5, 5.41) is 1.10. The molecule has 21 heavy (non-hydrogen) atoms. The average Bonchev–Trinajstić information content (AvgIpc) is 2.95. The highest BCUT2D eigenvalue weighted by molar-refractivity contribution is 7.99. The SMILES string of the molecule is C=S1(=O)NC(c2cccc3[nH]ccc23)=Cc2ccccc21. The third-order valence-corrected chi connectivity index (χ3v) is 5.37. The van der Waals surface area contributed by atoms with E-state index < -0.39 is 9.71 Å². The van der Waals surface area contributed by atoms with E-state index in [0.29, 0.717) is 0 Å². The summed E-state index contributed by atoms with van der Waals surface area (Å²) in [5.41, 5.74) is 3.89. The minimum absolute atomic E-state index is 0.759. The summed E-state index contributed by atoms with van der Waals surface area (Å²) in [6.45, 7) is 0. The molecule has 0 aliphatic carbocycles. The van der Waals surface area contributed by atoms with Gasteiger partial charge in [0.15, 0.2) is 0 Å².